The SMILES string of the molecule is CC(NC(=O)NC(CCC(=O)O)C(=O)O)c1cccs1. The standard InChI is InChI=1S/C12H16N2O5S/c1-7(9-3-2-6-20-9)13-12(19)14-8(11(17)18)4-5-10(15)16/h2-3,6-8H,4-5H2,1H3,(H,15,16)(H,17,18)(H2,13,14,19). The van der Waals surface area contributed by atoms with Crippen molar-refractivity contribution >= 4 is 29.3 Å². The van der Waals surface area contributed by atoms with Crippen molar-refractivity contribution in [2.45, 2.75) is 31.8 Å². The predicted octanol–water partition coefficient (Wildman–Crippen LogP) is 1.43. The maximum absolute atomic E-state index is 11.7. The number of carbonyl (C=O) groups excluding carboxylic acids is 1. The summed E-state index contributed by atoms with van der Waals surface area (Å²) in [5.74, 6) is -2.37. The van der Waals surface area contributed by atoms with Crippen LogP contribution in [0.5, 0.6) is 0 Å². The van der Waals surface area contributed by atoms with Crippen molar-refractivity contribution in [2.75, 3.05) is 0 Å². The Kier molecular flexibility index (Phi) is 5.98. The van der Waals surface area contributed by atoms with Crippen LogP contribution >= 0.6 is 11.3 Å². The maximum atomic E-state index is 11.7. The molecule has 2 unspecified atom stereocenters. The molecule has 4 N–H and O–H groups in total. The number of urea groups is 1. The number of amides is 2. The molecule has 0 spiro atoms. The van der Waals surface area contributed by atoms with Crippen LogP contribution in [0, 0.1) is 0 Å². The third-order valence-corrected chi connectivity index (χ3v) is 3.62. The highest BCUT2D eigenvalue weighted by Gasteiger charge is 2.21. The number of hydrogen-bond acceptors (Lipinski definition) is 4. The highest BCUT2D eigenvalue weighted by molar-refractivity contribution is 7.10. The molecule has 1 aromatic heterocycles. The summed E-state index contributed by atoms with van der Waals surface area (Å²) < 4.78 is 0. The van der Waals surface area contributed by atoms with E-state index >= 15 is 0 Å². The lowest BCUT2D eigenvalue weighted by Gasteiger charge is -2.17. The molecule has 0 saturated carbocycles. The van der Waals surface area contributed by atoms with E-state index in [-0.39, 0.29) is 18.9 Å². The van der Waals surface area contributed by atoms with E-state index in [2.05, 4.69) is 10.6 Å². The Morgan fingerprint density at radius 1 is 1.30 bits per heavy atom. The second-order valence-electron chi connectivity index (χ2n) is 4.18. The molecular formula is C12H16N2O5S. The second-order valence-corrected chi connectivity index (χ2v) is 5.16. The summed E-state index contributed by atoms with van der Waals surface area (Å²) in [7, 11) is 0. The van der Waals surface area contributed by atoms with E-state index in [1.807, 2.05) is 17.5 Å². The molecule has 0 saturated heterocycles. The van der Waals surface area contributed by atoms with Crippen molar-refractivity contribution < 1.29 is 24.6 Å². The van der Waals surface area contributed by atoms with Gasteiger partial charge in [-0.3, -0.25) is 4.79 Å². The van der Waals surface area contributed by atoms with E-state index in [0.717, 1.165) is 4.88 Å². The van der Waals surface area contributed by atoms with Gasteiger partial charge in [0.25, 0.3) is 0 Å². The van der Waals surface area contributed by atoms with Gasteiger partial charge in [0, 0.05) is 11.3 Å². The molecule has 1 heterocycles. The van der Waals surface area contributed by atoms with E-state index in [1.54, 1.807) is 6.92 Å². The van der Waals surface area contributed by atoms with Gasteiger partial charge in [-0.2, -0.15) is 0 Å². The number of thiophene rings is 1. The van der Waals surface area contributed by atoms with Crippen LogP contribution in [0.1, 0.15) is 30.7 Å². The largest absolute Gasteiger partial charge is 0.481 e. The van der Waals surface area contributed by atoms with E-state index in [0.29, 0.717) is 0 Å². The third-order valence-electron chi connectivity index (χ3n) is 2.57. The van der Waals surface area contributed by atoms with Gasteiger partial charge in [0.15, 0.2) is 0 Å². The number of hydrogen-bond donors (Lipinski definition) is 4. The first-order valence-electron chi connectivity index (χ1n) is 5.95. The summed E-state index contributed by atoms with van der Waals surface area (Å²) >= 11 is 1.48. The predicted molar refractivity (Wildman–Crippen MR) is 72.7 cm³/mol. The van der Waals surface area contributed by atoms with Crippen LogP contribution in [0.25, 0.3) is 0 Å². The van der Waals surface area contributed by atoms with Crippen molar-refractivity contribution in [3.05, 3.63) is 22.4 Å². The van der Waals surface area contributed by atoms with Crippen LogP contribution in [0.15, 0.2) is 17.5 Å². The van der Waals surface area contributed by atoms with Gasteiger partial charge in [-0.1, -0.05) is 6.07 Å². The Morgan fingerprint density at radius 2 is 2.00 bits per heavy atom. The number of carbonyl (C=O) groups is 3. The second kappa shape index (κ2) is 7.49. The average molecular weight is 300 g/mol. The zero-order valence-electron chi connectivity index (χ0n) is 10.8. The summed E-state index contributed by atoms with van der Waals surface area (Å²) in [5.41, 5.74) is 0. The summed E-state index contributed by atoms with van der Waals surface area (Å²) in [6.07, 6.45) is -0.483. The first-order valence-corrected chi connectivity index (χ1v) is 6.83. The first-order chi connectivity index (χ1) is 9.40. The summed E-state index contributed by atoms with van der Waals surface area (Å²) in [6.45, 7) is 1.78. The van der Waals surface area contributed by atoms with Gasteiger partial charge in [0.05, 0.1) is 6.04 Å². The normalized spacial score (nSPS) is 13.2. The molecule has 0 radical (unpaired) electrons. The zero-order chi connectivity index (χ0) is 15.1. The first kappa shape index (κ1) is 16.0. The smallest absolute Gasteiger partial charge is 0.326 e. The van der Waals surface area contributed by atoms with Crippen LogP contribution in [0.4, 0.5) is 4.79 Å². The summed E-state index contributed by atoms with van der Waals surface area (Å²) in [6, 6.07) is 1.60. The number of carboxylic acids is 2. The molecule has 0 fully saturated rings. The average Bonchev–Trinajstić information content (AvgIpc) is 2.87. The number of aliphatic carboxylic acids is 2. The molecule has 2 atom stereocenters. The van der Waals surface area contributed by atoms with E-state index < -0.39 is 24.0 Å². The fourth-order valence-corrected chi connectivity index (χ4v) is 2.26. The monoisotopic (exact) mass is 300 g/mol. The van der Waals surface area contributed by atoms with Crippen molar-refractivity contribution in [3.63, 3.8) is 0 Å². The summed E-state index contributed by atoms with van der Waals surface area (Å²) in [4.78, 5) is 34.0. The Balaban J connectivity index is 2.49. The number of carboxylic acid groups (broad SMARTS) is 2. The fourth-order valence-electron chi connectivity index (χ4n) is 1.53. The molecule has 7 nitrogen and oxygen atoms in total. The minimum absolute atomic E-state index is 0.161. The van der Waals surface area contributed by atoms with Gasteiger partial charge in [0.1, 0.15) is 6.04 Å². The number of nitrogens with one attached hydrogen (secondary N) is 2. The van der Waals surface area contributed by atoms with Gasteiger partial charge < -0.3 is 20.8 Å². The van der Waals surface area contributed by atoms with Gasteiger partial charge in [0.2, 0.25) is 0 Å². The Hall–Kier alpha value is -2.09. The van der Waals surface area contributed by atoms with Crippen LogP contribution in [0.2, 0.25) is 0 Å². The lowest BCUT2D eigenvalue weighted by molar-refractivity contribution is -0.140. The van der Waals surface area contributed by atoms with Crippen LogP contribution in [0.3, 0.4) is 0 Å². The van der Waals surface area contributed by atoms with Gasteiger partial charge in [-0.05, 0) is 24.8 Å². The topological polar surface area (TPSA) is 116 Å². The van der Waals surface area contributed by atoms with Gasteiger partial charge in [-0.15, -0.1) is 11.3 Å². The van der Waals surface area contributed by atoms with Crippen LogP contribution in [-0.4, -0.2) is 34.2 Å². The Labute approximate surface area is 119 Å². The van der Waals surface area contributed by atoms with Gasteiger partial charge >= 0.3 is 18.0 Å². The van der Waals surface area contributed by atoms with Crippen molar-refractivity contribution in [3.8, 4) is 0 Å². The Morgan fingerprint density at radius 3 is 2.50 bits per heavy atom. The third kappa shape index (κ3) is 5.27. The van der Waals surface area contributed by atoms with Crippen LogP contribution < -0.4 is 10.6 Å². The van der Waals surface area contributed by atoms with E-state index in [9.17, 15) is 14.4 Å². The highest BCUT2D eigenvalue weighted by atomic mass is 32.1. The molecule has 0 aliphatic carbocycles. The molecule has 110 valence electrons. The van der Waals surface area contributed by atoms with Crippen LogP contribution in [-0.2, 0) is 9.59 Å². The molecule has 1 rings (SSSR count). The quantitative estimate of drug-likeness (QED) is 0.608. The molecule has 0 aliphatic rings. The van der Waals surface area contributed by atoms with E-state index in [1.165, 1.54) is 11.3 Å². The van der Waals surface area contributed by atoms with Crippen molar-refractivity contribution in [2.24, 2.45) is 0 Å². The van der Waals surface area contributed by atoms with E-state index in [4.69, 9.17) is 10.2 Å². The highest BCUT2D eigenvalue weighted by Crippen LogP contribution is 2.17. The minimum atomic E-state index is -1.26. The number of rotatable bonds is 7. The fraction of sp³-hybridized carbons (Fsp3) is 0.417. The van der Waals surface area contributed by atoms with Crippen molar-refractivity contribution in [1.29, 1.82) is 0 Å². The molecule has 8 heteroatoms. The molecular weight excluding hydrogens is 284 g/mol. The zero-order valence-corrected chi connectivity index (χ0v) is 11.6. The minimum Gasteiger partial charge on any atom is -0.481 e. The molecule has 1 aromatic rings. The molecule has 20 heavy (non-hydrogen) atoms. The lowest BCUT2D eigenvalue weighted by Crippen LogP contribution is -2.46. The molecule has 0 aliphatic heterocycles. The summed E-state index contributed by atoms with van der Waals surface area (Å²) in [5, 5.41) is 24.2. The van der Waals surface area contributed by atoms with Crippen molar-refractivity contribution in [1.82, 2.24) is 10.6 Å². The maximum Gasteiger partial charge on any atom is 0.326 e. The molecule has 0 bridgehead atoms. The molecule has 2 amide bonds. The lowest BCUT2D eigenvalue weighted by atomic mass is 10.1. The molecule has 0 aromatic carbocycles. The van der Waals surface area contributed by atoms with Gasteiger partial charge in [-0.25, -0.2) is 9.59 Å². The Bertz CT molecular complexity index is 474.